The Morgan fingerprint density at radius 1 is 1.14 bits per heavy atom. The summed E-state index contributed by atoms with van der Waals surface area (Å²) in [4.78, 5) is 11.6. The number of likely N-dealkylation sites (N-methyl/N-ethyl adjacent to an activating group) is 1. The van der Waals surface area contributed by atoms with E-state index in [1.807, 2.05) is 7.05 Å². The molecule has 0 aliphatic carbocycles. The van der Waals surface area contributed by atoms with Gasteiger partial charge in [0.25, 0.3) is 0 Å². The summed E-state index contributed by atoms with van der Waals surface area (Å²) in [6, 6.07) is 0.609. The third-order valence-electron chi connectivity index (χ3n) is 4.02. The number of anilines is 2. The highest BCUT2D eigenvalue weighted by Gasteiger charge is 2.12. The van der Waals surface area contributed by atoms with Gasteiger partial charge < -0.3 is 15.5 Å². The molecule has 0 saturated carbocycles. The van der Waals surface area contributed by atoms with Gasteiger partial charge in [-0.3, -0.25) is 0 Å². The van der Waals surface area contributed by atoms with E-state index in [2.05, 4.69) is 67.2 Å². The van der Waals surface area contributed by atoms with Crippen molar-refractivity contribution >= 4 is 11.6 Å². The highest BCUT2D eigenvalue weighted by Crippen LogP contribution is 2.22. The average Bonchev–Trinajstić information content (AvgIpc) is 2.47. The third kappa shape index (κ3) is 4.84. The highest BCUT2D eigenvalue weighted by molar-refractivity contribution is 5.57. The summed E-state index contributed by atoms with van der Waals surface area (Å²) in [6.07, 6.45) is 1.17. The van der Waals surface area contributed by atoms with E-state index in [0.717, 1.165) is 36.1 Å². The van der Waals surface area contributed by atoms with Gasteiger partial charge in [0.2, 0.25) is 0 Å². The second kappa shape index (κ2) is 8.17. The molecular formula is C16H31N5. The number of hydrogen-bond donors (Lipinski definition) is 2. The fourth-order valence-corrected chi connectivity index (χ4v) is 2.09. The quantitative estimate of drug-likeness (QED) is 0.771. The van der Waals surface area contributed by atoms with E-state index in [-0.39, 0.29) is 0 Å². The maximum Gasteiger partial charge on any atom is 0.135 e. The number of aromatic nitrogens is 2. The van der Waals surface area contributed by atoms with Gasteiger partial charge in [-0.15, -0.1) is 0 Å². The van der Waals surface area contributed by atoms with Crippen LogP contribution in [0.5, 0.6) is 0 Å². The lowest BCUT2D eigenvalue weighted by Crippen LogP contribution is -2.33. The maximum atomic E-state index is 4.66. The first kappa shape index (κ1) is 17.7. The average molecular weight is 293 g/mol. The molecule has 1 rings (SSSR count). The topological polar surface area (TPSA) is 53.1 Å². The molecule has 0 fully saturated rings. The summed E-state index contributed by atoms with van der Waals surface area (Å²) < 4.78 is 0. The van der Waals surface area contributed by atoms with Crippen molar-refractivity contribution in [3.05, 3.63) is 11.4 Å². The molecular weight excluding hydrogens is 262 g/mol. The summed E-state index contributed by atoms with van der Waals surface area (Å²) in [6.45, 7) is 12.7. The zero-order chi connectivity index (χ0) is 16.0. The smallest absolute Gasteiger partial charge is 0.135 e. The number of rotatable bonds is 8. The van der Waals surface area contributed by atoms with Gasteiger partial charge in [-0.1, -0.05) is 20.8 Å². The highest BCUT2D eigenvalue weighted by atomic mass is 15.2. The molecule has 1 heterocycles. The van der Waals surface area contributed by atoms with Crippen LogP contribution in [0, 0.1) is 6.92 Å². The molecule has 0 aliphatic rings. The molecule has 1 aromatic rings. The number of hydrogen-bond acceptors (Lipinski definition) is 5. The van der Waals surface area contributed by atoms with Crippen molar-refractivity contribution < 1.29 is 0 Å². The van der Waals surface area contributed by atoms with Crippen LogP contribution in [0.3, 0.4) is 0 Å². The minimum absolute atomic E-state index is 0.320. The molecule has 0 saturated heterocycles. The molecule has 120 valence electrons. The Morgan fingerprint density at radius 2 is 1.76 bits per heavy atom. The largest absolute Gasteiger partial charge is 0.373 e. The molecule has 1 atom stereocenters. The van der Waals surface area contributed by atoms with E-state index in [1.54, 1.807) is 0 Å². The zero-order valence-corrected chi connectivity index (χ0v) is 14.6. The molecule has 2 N–H and O–H groups in total. The van der Waals surface area contributed by atoms with E-state index in [1.165, 1.54) is 6.42 Å². The Hall–Kier alpha value is -1.36. The summed E-state index contributed by atoms with van der Waals surface area (Å²) >= 11 is 0. The lowest BCUT2D eigenvalue weighted by molar-refractivity contribution is 0.261. The molecule has 5 heteroatoms. The molecule has 21 heavy (non-hydrogen) atoms. The van der Waals surface area contributed by atoms with Crippen molar-refractivity contribution in [2.24, 2.45) is 0 Å². The number of nitrogens with one attached hydrogen (secondary N) is 2. The Bertz CT molecular complexity index is 445. The monoisotopic (exact) mass is 293 g/mol. The summed E-state index contributed by atoms with van der Waals surface area (Å²) in [5.41, 5.74) is 1.08. The predicted octanol–water partition coefficient (Wildman–Crippen LogP) is 3.09. The second-order valence-corrected chi connectivity index (χ2v) is 5.97. The van der Waals surface area contributed by atoms with Crippen LogP contribution < -0.4 is 10.6 Å². The molecule has 1 aromatic heterocycles. The van der Waals surface area contributed by atoms with Crippen LogP contribution in [-0.4, -0.2) is 48.1 Å². The van der Waals surface area contributed by atoms with Crippen molar-refractivity contribution in [2.75, 3.05) is 37.8 Å². The molecule has 0 aromatic carbocycles. The summed E-state index contributed by atoms with van der Waals surface area (Å²) in [5, 5.41) is 6.62. The fourth-order valence-electron chi connectivity index (χ4n) is 2.09. The lowest BCUT2D eigenvalue weighted by Gasteiger charge is -2.24. The van der Waals surface area contributed by atoms with Crippen LogP contribution in [0.25, 0.3) is 0 Å². The van der Waals surface area contributed by atoms with E-state index in [4.69, 9.17) is 0 Å². The van der Waals surface area contributed by atoms with Crippen molar-refractivity contribution in [3.63, 3.8) is 0 Å². The van der Waals surface area contributed by atoms with E-state index in [0.29, 0.717) is 12.0 Å². The fraction of sp³-hybridized carbons (Fsp3) is 0.750. The van der Waals surface area contributed by atoms with Crippen LogP contribution in [0.4, 0.5) is 11.6 Å². The zero-order valence-electron chi connectivity index (χ0n) is 14.6. The van der Waals surface area contributed by atoms with Gasteiger partial charge >= 0.3 is 0 Å². The molecule has 1 unspecified atom stereocenters. The lowest BCUT2D eigenvalue weighted by atomic mass is 10.2. The predicted molar refractivity (Wildman–Crippen MR) is 91.3 cm³/mol. The van der Waals surface area contributed by atoms with Crippen LogP contribution in [0.1, 0.15) is 51.4 Å². The van der Waals surface area contributed by atoms with E-state index < -0.39 is 0 Å². The van der Waals surface area contributed by atoms with Gasteiger partial charge in [0, 0.05) is 37.7 Å². The van der Waals surface area contributed by atoms with Crippen molar-refractivity contribution in [1.29, 1.82) is 0 Å². The molecule has 5 nitrogen and oxygen atoms in total. The van der Waals surface area contributed by atoms with E-state index >= 15 is 0 Å². The van der Waals surface area contributed by atoms with Gasteiger partial charge in [-0.2, -0.15) is 0 Å². The van der Waals surface area contributed by atoms with Gasteiger partial charge in [-0.25, -0.2) is 9.97 Å². The Morgan fingerprint density at radius 3 is 2.29 bits per heavy atom. The van der Waals surface area contributed by atoms with Crippen LogP contribution in [0.2, 0.25) is 0 Å². The first-order valence-corrected chi connectivity index (χ1v) is 7.91. The third-order valence-corrected chi connectivity index (χ3v) is 4.02. The van der Waals surface area contributed by atoms with Crippen LogP contribution in [-0.2, 0) is 0 Å². The molecule has 0 spiro atoms. The van der Waals surface area contributed by atoms with Gasteiger partial charge in [-0.05, 0) is 27.3 Å². The maximum absolute atomic E-state index is 4.66. The molecule has 0 aliphatic heterocycles. The van der Waals surface area contributed by atoms with E-state index in [9.17, 15) is 0 Å². The van der Waals surface area contributed by atoms with Gasteiger partial charge in [0.15, 0.2) is 0 Å². The standard InChI is InChI=1S/C16H31N5/c1-8-12(4)21(7)10-9-18-16-13(5)15(17-6)19-14(20-16)11(2)3/h11-12H,8-10H2,1-7H3,(H2,17,18,19,20). The Labute approximate surface area is 129 Å². The van der Waals surface area contributed by atoms with Crippen molar-refractivity contribution in [3.8, 4) is 0 Å². The molecule has 0 bridgehead atoms. The minimum Gasteiger partial charge on any atom is -0.373 e. The van der Waals surface area contributed by atoms with Crippen LogP contribution in [0.15, 0.2) is 0 Å². The molecule has 0 radical (unpaired) electrons. The normalized spacial score (nSPS) is 12.8. The first-order chi connectivity index (χ1) is 9.90. The van der Waals surface area contributed by atoms with Crippen molar-refractivity contribution in [2.45, 2.75) is 53.0 Å². The number of nitrogens with zero attached hydrogens (tertiary/aromatic N) is 3. The summed E-state index contributed by atoms with van der Waals surface area (Å²) in [7, 11) is 4.07. The minimum atomic E-state index is 0.320. The van der Waals surface area contributed by atoms with Gasteiger partial charge in [0.1, 0.15) is 17.5 Å². The second-order valence-electron chi connectivity index (χ2n) is 5.97. The summed E-state index contributed by atoms with van der Waals surface area (Å²) in [5.74, 6) is 3.05. The first-order valence-electron chi connectivity index (χ1n) is 7.91. The SMILES string of the molecule is CCC(C)N(C)CCNc1nc(C(C)C)nc(NC)c1C. The Balaban J connectivity index is 2.76. The molecule has 0 amide bonds. The van der Waals surface area contributed by atoms with Crippen molar-refractivity contribution in [1.82, 2.24) is 14.9 Å². The van der Waals surface area contributed by atoms with Gasteiger partial charge in [0.05, 0.1) is 0 Å². The Kier molecular flexibility index (Phi) is 6.89. The van der Waals surface area contributed by atoms with Crippen LogP contribution >= 0.6 is 0 Å².